The molecule has 3 aromatic rings. The molecule has 1 heterocycles. The van der Waals surface area contributed by atoms with Gasteiger partial charge in [-0.15, -0.1) is 0 Å². The Kier molecular flexibility index (Phi) is 10.7. The summed E-state index contributed by atoms with van der Waals surface area (Å²) in [5, 5.41) is 15.5. The van der Waals surface area contributed by atoms with Crippen molar-refractivity contribution in [2.75, 3.05) is 16.0 Å². The van der Waals surface area contributed by atoms with Crippen LogP contribution in [-0.2, 0) is 15.8 Å². The van der Waals surface area contributed by atoms with E-state index in [4.69, 9.17) is 21.5 Å². The number of carbonyl (C=O) groups is 3. The molecule has 0 bridgehead atoms. The summed E-state index contributed by atoms with van der Waals surface area (Å²) >= 11 is 5.59. The molecule has 0 aliphatic carbocycles. The van der Waals surface area contributed by atoms with E-state index in [9.17, 15) is 27.6 Å². The van der Waals surface area contributed by atoms with Crippen LogP contribution < -0.4 is 26.2 Å². The third-order valence-corrected chi connectivity index (χ3v) is 5.64. The molecule has 0 aliphatic rings. The molecule has 1 aromatic heterocycles. The molecule has 0 spiro atoms. The molecule has 0 fully saturated rings. The van der Waals surface area contributed by atoms with E-state index in [0.29, 0.717) is 36.4 Å². The van der Waals surface area contributed by atoms with Gasteiger partial charge in [-0.3, -0.25) is 14.8 Å². The first kappa shape index (κ1) is 30.2. The summed E-state index contributed by atoms with van der Waals surface area (Å²) in [7, 11) is 0. The van der Waals surface area contributed by atoms with Crippen LogP contribution in [0.3, 0.4) is 0 Å². The molecule has 2 aromatic carbocycles. The summed E-state index contributed by atoms with van der Waals surface area (Å²) in [5.41, 5.74) is 0.768. The Morgan fingerprint density at radius 1 is 0.825 bits per heavy atom. The van der Waals surface area contributed by atoms with Crippen LogP contribution in [0, 0.1) is 0 Å². The summed E-state index contributed by atoms with van der Waals surface area (Å²) in [4.78, 5) is 39.4. The van der Waals surface area contributed by atoms with Crippen LogP contribution in [-0.4, -0.2) is 28.0 Å². The Morgan fingerprint density at radius 2 is 1.48 bits per heavy atom. The lowest BCUT2D eigenvalue weighted by Crippen LogP contribution is -2.19. The van der Waals surface area contributed by atoms with Crippen molar-refractivity contribution < 1.29 is 37.5 Å². The lowest BCUT2D eigenvalue weighted by atomic mass is 10.1. The zero-order chi connectivity index (χ0) is 29.1. The van der Waals surface area contributed by atoms with Gasteiger partial charge in [-0.2, -0.15) is 13.2 Å². The number of anilines is 3. The quantitative estimate of drug-likeness (QED) is 0.0986. The number of pyridine rings is 1. The van der Waals surface area contributed by atoms with Crippen molar-refractivity contribution in [1.82, 2.24) is 10.5 Å². The van der Waals surface area contributed by atoms with Gasteiger partial charge in [0.1, 0.15) is 17.3 Å². The second-order valence-electron chi connectivity index (χ2n) is 8.42. The number of amides is 4. The van der Waals surface area contributed by atoms with Crippen molar-refractivity contribution in [3.05, 3.63) is 71.4 Å². The number of hydrogen-bond acceptors (Lipinski definition) is 6. The van der Waals surface area contributed by atoms with E-state index in [1.54, 1.807) is 23.7 Å². The summed E-state index contributed by atoms with van der Waals surface area (Å²) < 4.78 is 44.8. The number of carbonyl (C=O) groups excluding carboxylic acids is 3. The van der Waals surface area contributed by atoms with Gasteiger partial charge in [0.25, 0.3) is 0 Å². The maximum atomic E-state index is 13.0. The van der Waals surface area contributed by atoms with Gasteiger partial charge < -0.3 is 20.7 Å². The van der Waals surface area contributed by atoms with E-state index < -0.39 is 28.7 Å². The van der Waals surface area contributed by atoms with Crippen LogP contribution in [0.2, 0.25) is 5.02 Å². The topological polar surface area (TPSA) is 142 Å². The second-order valence-corrected chi connectivity index (χ2v) is 8.83. The number of aromatic nitrogens is 1. The van der Waals surface area contributed by atoms with E-state index in [1.807, 2.05) is 0 Å². The molecule has 0 unspecified atom stereocenters. The van der Waals surface area contributed by atoms with Gasteiger partial charge in [-0.05, 0) is 61.4 Å². The van der Waals surface area contributed by atoms with Crippen LogP contribution in [0.4, 0.5) is 35.2 Å². The van der Waals surface area contributed by atoms with Gasteiger partial charge in [-0.25, -0.2) is 15.3 Å². The maximum Gasteiger partial charge on any atom is 0.417 e. The molecule has 40 heavy (non-hydrogen) atoms. The summed E-state index contributed by atoms with van der Waals surface area (Å²) in [6, 6.07) is 11.6. The number of unbranched alkanes of at least 4 members (excludes halogenated alkanes) is 2. The fourth-order valence-electron chi connectivity index (χ4n) is 3.41. The van der Waals surface area contributed by atoms with Crippen LogP contribution in [0.5, 0.6) is 11.5 Å². The number of ether oxygens (including phenoxy) is 1. The van der Waals surface area contributed by atoms with E-state index >= 15 is 0 Å². The third-order valence-electron chi connectivity index (χ3n) is 5.31. The highest BCUT2D eigenvalue weighted by atomic mass is 35.5. The molecule has 0 aliphatic heterocycles. The lowest BCUT2D eigenvalue weighted by Gasteiger charge is -2.13. The Hall–Kier alpha value is -4.36. The molecule has 0 atom stereocenters. The molecule has 0 radical (unpaired) electrons. The first-order valence-electron chi connectivity index (χ1n) is 11.9. The molecule has 212 valence electrons. The van der Waals surface area contributed by atoms with Crippen molar-refractivity contribution in [2.45, 2.75) is 38.3 Å². The van der Waals surface area contributed by atoms with Gasteiger partial charge >= 0.3 is 12.2 Å². The largest absolute Gasteiger partial charge is 0.457 e. The molecule has 14 heteroatoms. The number of benzene rings is 2. The van der Waals surface area contributed by atoms with E-state index in [-0.39, 0.29) is 30.3 Å². The number of nitrogens with one attached hydrogen (secondary N) is 4. The van der Waals surface area contributed by atoms with Gasteiger partial charge in [0.15, 0.2) is 0 Å². The second kappa shape index (κ2) is 14.1. The predicted molar refractivity (Wildman–Crippen MR) is 141 cm³/mol. The monoisotopic (exact) mass is 579 g/mol. The van der Waals surface area contributed by atoms with Crippen molar-refractivity contribution in [2.24, 2.45) is 0 Å². The summed E-state index contributed by atoms with van der Waals surface area (Å²) in [6.07, 6.45) is -1.04. The highest BCUT2D eigenvalue weighted by Gasteiger charge is 2.33. The van der Waals surface area contributed by atoms with Crippen LogP contribution >= 0.6 is 11.6 Å². The highest BCUT2D eigenvalue weighted by molar-refractivity contribution is 6.31. The molecular formula is C26H25ClF3N5O5. The minimum absolute atomic E-state index is 0.0816. The summed E-state index contributed by atoms with van der Waals surface area (Å²) in [5.74, 6) is 0.365. The SMILES string of the molecule is O=C(CCCCCC(=O)Nc1cc(Oc2ccc(NC(=O)Nc3ccc(Cl)c(C(F)(F)F)c3)cc2)ccn1)NO. The van der Waals surface area contributed by atoms with Crippen molar-refractivity contribution in [3.8, 4) is 11.5 Å². The minimum atomic E-state index is -4.66. The smallest absolute Gasteiger partial charge is 0.417 e. The van der Waals surface area contributed by atoms with Gasteiger partial charge in [0.2, 0.25) is 11.8 Å². The van der Waals surface area contributed by atoms with E-state index in [1.165, 1.54) is 30.5 Å². The maximum absolute atomic E-state index is 13.0. The number of alkyl halides is 3. The Balaban J connectivity index is 1.48. The third kappa shape index (κ3) is 9.75. The average molecular weight is 580 g/mol. The van der Waals surface area contributed by atoms with Crippen molar-refractivity contribution in [3.63, 3.8) is 0 Å². The zero-order valence-electron chi connectivity index (χ0n) is 20.8. The van der Waals surface area contributed by atoms with Crippen molar-refractivity contribution in [1.29, 1.82) is 0 Å². The predicted octanol–water partition coefficient (Wildman–Crippen LogP) is 6.58. The average Bonchev–Trinajstić information content (AvgIpc) is 2.90. The van der Waals surface area contributed by atoms with Gasteiger partial charge in [0.05, 0.1) is 10.6 Å². The normalized spacial score (nSPS) is 10.9. The van der Waals surface area contributed by atoms with Crippen LogP contribution in [0.1, 0.15) is 37.7 Å². The molecule has 5 N–H and O–H groups in total. The summed E-state index contributed by atoms with van der Waals surface area (Å²) in [6.45, 7) is 0. The highest BCUT2D eigenvalue weighted by Crippen LogP contribution is 2.36. The Bertz CT molecular complexity index is 1340. The first-order chi connectivity index (χ1) is 19.0. The fourth-order valence-corrected chi connectivity index (χ4v) is 3.63. The number of hydroxylamine groups is 1. The zero-order valence-corrected chi connectivity index (χ0v) is 21.6. The molecule has 0 saturated carbocycles. The fraction of sp³-hybridized carbons (Fsp3) is 0.231. The Labute approximate surface area is 231 Å². The van der Waals surface area contributed by atoms with Crippen LogP contribution in [0.25, 0.3) is 0 Å². The van der Waals surface area contributed by atoms with Crippen molar-refractivity contribution >= 4 is 46.6 Å². The number of rotatable bonds is 11. The van der Waals surface area contributed by atoms with E-state index in [2.05, 4.69) is 20.9 Å². The van der Waals surface area contributed by atoms with Gasteiger partial charge in [0, 0.05) is 36.5 Å². The Morgan fingerprint density at radius 3 is 2.15 bits per heavy atom. The van der Waals surface area contributed by atoms with Crippen LogP contribution in [0.15, 0.2) is 60.8 Å². The number of urea groups is 1. The van der Waals surface area contributed by atoms with Gasteiger partial charge in [-0.1, -0.05) is 18.0 Å². The van der Waals surface area contributed by atoms with E-state index in [0.717, 1.165) is 12.1 Å². The molecule has 10 nitrogen and oxygen atoms in total. The molecule has 4 amide bonds. The molecule has 0 saturated heterocycles. The lowest BCUT2D eigenvalue weighted by molar-refractivity contribution is -0.137. The number of halogens is 4. The number of nitrogens with zero attached hydrogens (tertiary/aromatic N) is 1. The first-order valence-corrected chi connectivity index (χ1v) is 12.3. The minimum Gasteiger partial charge on any atom is -0.457 e. The standard InChI is InChI=1S/C26H25ClF3N5O5/c27-21-11-8-17(14-20(21)26(28,29)30)33-25(38)32-16-6-9-18(10-7-16)40-19-12-13-31-22(15-19)34-23(36)4-2-1-3-5-24(37)35-39/h6-15,39H,1-5H2,(H,35,37)(H,31,34,36)(H2,32,33,38). The molecular weight excluding hydrogens is 555 g/mol. The number of hydrogen-bond donors (Lipinski definition) is 5. The molecule has 3 rings (SSSR count).